The molecule has 2 N–H and O–H groups in total. The fourth-order valence-corrected chi connectivity index (χ4v) is 2.47. The molecule has 1 unspecified atom stereocenters. The van der Waals surface area contributed by atoms with E-state index in [1.165, 1.54) is 18.2 Å². The van der Waals surface area contributed by atoms with E-state index in [4.69, 9.17) is 21.8 Å². The summed E-state index contributed by atoms with van der Waals surface area (Å²) < 4.78 is 19.6. The van der Waals surface area contributed by atoms with Gasteiger partial charge in [-0.05, 0) is 36.8 Å². The lowest BCUT2D eigenvalue weighted by atomic mass is 10.0. The highest BCUT2D eigenvalue weighted by atomic mass is 35.5. The van der Waals surface area contributed by atoms with Crippen molar-refractivity contribution < 1.29 is 8.81 Å². The minimum Gasteiger partial charge on any atom is -0.459 e. The van der Waals surface area contributed by atoms with Crippen LogP contribution in [0.2, 0.25) is 5.02 Å². The standard InChI is InChI=1S/C16H13ClFNO/c1-9-3-2-4-10-7-14(20-16(9)10)15(19)12-8-11(17)5-6-13(12)18/h2-8,15H,19H2,1H3. The average Bonchev–Trinajstić information content (AvgIpc) is 2.86. The molecule has 3 rings (SSSR count). The van der Waals surface area contributed by atoms with Gasteiger partial charge in [0, 0.05) is 16.0 Å². The monoisotopic (exact) mass is 289 g/mol. The fourth-order valence-electron chi connectivity index (χ4n) is 2.29. The number of hydrogen-bond acceptors (Lipinski definition) is 2. The highest BCUT2D eigenvalue weighted by Crippen LogP contribution is 2.30. The predicted molar refractivity (Wildman–Crippen MR) is 78.4 cm³/mol. The van der Waals surface area contributed by atoms with E-state index >= 15 is 0 Å². The molecule has 1 atom stereocenters. The molecule has 4 heteroatoms. The van der Waals surface area contributed by atoms with E-state index in [1.807, 2.05) is 31.2 Å². The molecule has 0 saturated heterocycles. The summed E-state index contributed by atoms with van der Waals surface area (Å²) in [5.74, 6) is 0.134. The third kappa shape index (κ3) is 2.19. The molecule has 0 spiro atoms. The zero-order valence-electron chi connectivity index (χ0n) is 10.9. The van der Waals surface area contributed by atoms with Gasteiger partial charge >= 0.3 is 0 Å². The minimum absolute atomic E-state index is 0.328. The second-order valence-electron chi connectivity index (χ2n) is 4.79. The second-order valence-corrected chi connectivity index (χ2v) is 5.22. The Bertz CT molecular complexity index is 781. The first kappa shape index (κ1) is 13.2. The zero-order chi connectivity index (χ0) is 14.3. The molecule has 0 fully saturated rings. The van der Waals surface area contributed by atoms with Crippen LogP contribution in [-0.4, -0.2) is 0 Å². The lowest BCUT2D eigenvalue weighted by molar-refractivity contribution is 0.509. The van der Waals surface area contributed by atoms with Crippen LogP contribution in [-0.2, 0) is 0 Å². The van der Waals surface area contributed by atoms with Crippen molar-refractivity contribution in [2.75, 3.05) is 0 Å². The maximum Gasteiger partial charge on any atom is 0.137 e. The first-order valence-corrected chi connectivity index (χ1v) is 6.63. The highest BCUT2D eigenvalue weighted by molar-refractivity contribution is 6.30. The van der Waals surface area contributed by atoms with Crippen molar-refractivity contribution in [1.29, 1.82) is 0 Å². The fraction of sp³-hybridized carbons (Fsp3) is 0.125. The van der Waals surface area contributed by atoms with Crippen LogP contribution in [0.25, 0.3) is 11.0 Å². The smallest absolute Gasteiger partial charge is 0.137 e. The summed E-state index contributed by atoms with van der Waals surface area (Å²) in [6.07, 6.45) is 0. The maximum atomic E-state index is 13.9. The van der Waals surface area contributed by atoms with Crippen LogP contribution in [0, 0.1) is 12.7 Å². The molecular weight excluding hydrogens is 277 g/mol. The largest absolute Gasteiger partial charge is 0.459 e. The van der Waals surface area contributed by atoms with Gasteiger partial charge in [0.15, 0.2) is 0 Å². The Kier molecular flexibility index (Phi) is 3.24. The normalized spacial score (nSPS) is 12.8. The highest BCUT2D eigenvalue weighted by Gasteiger charge is 2.18. The molecule has 1 aromatic heterocycles. The first-order valence-electron chi connectivity index (χ1n) is 6.26. The van der Waals surface area contributed by atoms with Crippen molar-refractivity contribution in [2.24, 2.45) is 5.73 Å². The number of nitrogens with two attached hydrogens (primary N) is 1. The molecule has 0 saturated carbocycles. The van der Waals surface area contributed by atoms with Gasteiger partial charge in [-0.1, -0.05) is 29.8 Å². The Morgan fingerprint density at radius 1 is 1.20 bits per heavy atom. The number of benzene rings is 2. The summed E-state index contributed by atoms with van der Waals surface area (Å²) in [6.45, 7) is 1.96. The van der Waals surface area contributed by atoms with E-state index < -0.39 is 6.04 Å². The van der Waals surface area contributed by atoms with Crippen LogP contribution in [0.1, 0.15) is 22.9 Å². The quantitative estimate of drug-likeness (QED) is 0.750. The van der Waals surface area contributed by atoms with Gasteiger partial charge in [0.25, 0.3) is 0 Å². The van der Waals surface area contributed by atoms with Crippen LogP contribution in [0.3, 0.4) is 0 Å². The van der Waals surface area contributed by atoms with E-state index in [2.05, 4.69) is 0 Å². The molecule has 0 aliphatic carbocycles. The third-order valence-electron chi connectivity index (χ3n) is 3.36. The lowest BCUT2D eigenvalue weighted by Crippen LogP contribution is -2.12. The van der Waals surface area contributed by atoms with Gasteiger partial charge in [-0.2, -0.15) is 0 Å². The molecule has 0 radical (unpaired) electrons. The van der Waals surface area contributed by atoms with Crippen LogP contribution >= 0.6 is 11.6 Å². The number of rotatable bonds is 2. The van der Waals surface area contributed by atoms with Crippen molar-refractivity contribution in [3.8, 4) is 0 Å². The zero-order valence-corrected chi connectivity index (χ0v) is 11.6. The van der Waals surface area contributed by atoms with Gasteiger partial charge in [-0.3, -0.25) is 0 Å². The number of hydrogen-bond donors (Lipinski definition) is 1. The Hall–Kier alpha value is -1.84. The van der Waals surface area contributed by atoms with Crippen molar-refractivity contribution in [1.82, 2.24) is 0 Å². The van der Waals surface area contributed by atoms with E-state index in [9.17, 15) is 4.39 Å². The topological polar surface area (TPSA) is 39.2 Å². The minimum atomic E-state index is -0.680. The summed E-state index contributed by atoms with van der Waals surface area (Å²) in [4.78, 5) is 0. The van der Waals surface area contributed by atoms with E-state index in [-0.39, 0.29) is 5.82 Å². The Morgan fingerprint density at radius 3 is 2.75 bits per heavy atom. The second kappa shape index (κ2) is 4.93. The number of furan rings is 1. The summed E-state index contributed by atoms with van der Waals surface area (Å²) in [6, 6.07) is 11.3. The Balaban J connectivity index is 2.10. The van der Waals surface area contributed by atoms with Gasteiger partial charge in [0.2, 0.25) is 0 Å². The summed E-state index contributed by atoms with van der Waals surface area (Å²) >= 11 is 5.90. The van der Waals surface area contributed by atoms with E-state index in [0.29, 0.717) is 16.3 Å². The summed E-state index contributed by atoms with van der Waals surface area (Å²) in [5.41, 5.74) is 8.23. The maximum absolute atomic E-state index is 13.9. The van der Waals surface area contributed by atoms with Gasteiger partial charge in [0.1, 0.15) is 17.2 Å². The molecular formula is C16H13ClFNO. The molecule has 20 heavy (non-hydrogen) atoms. The van der Waals surface area contributed by atoms with Crippen molar-refractivity contribution in [3.05, 3.63) is 70.2 Å². The molecule has 2 nitrogen and oxygen atoms in total. The van der Waals surface area contributed by atoms with Crippen molar-refractivity contribution in [3.63, 3.8) is 0 Å². The van der Waals surface area contributed by atoms with Crippen molar-refractivity contribution in [2.45, 2.75) is 13.0 Å². The third-order valence-corrected chi connectivity index (χ3v) is 3.59. The molecule has 3 aromatic rings. The number of fused-ring (bicyclic) bond motifs is 1. The Labute approximate surface area is 121 Å². The van der Waals surface area contributed by atoms with Crippen LogP contribution in [0.5, 0.6) is 0 Å². The molecule has 1 heterocycles. The lowest BCUT2D eigenvalue weighted by Gasteiger charge is -2.10. The van der Waals surface area contributed by atoms with Gasteiger partial charge in [-0.25, -0.2) is 4.39 Å². The van der Waals surface area contributed by atoms with Crippen LogP contribution in [0.4, 0.5) is 4.39 Å². The van der Waals surface area contributed by atoms with Crippen LogP contribution < -0.4 is 5.73 Å². The molecule has 0 aliphatic heterocycles. The number of halogens is 2. The summed E-state index contributed by atoms with van der Waals surface area (Å²) in [7, 11) is 0. The molecule has 0 amide bonds. The van der Waals surface area contributed by atoms with Gasteiger partial charge in [-0.15, -0.1) is 0 Å². The summed E-state index contributed by atoms with van der Waals surface area (Å²) in [5, 5.41) is 1.40. The Morgan fingerprint density at radius 2 is 2.00 bits per heavy atom. The predicted octanol–water partition coefficient (Wildman–Crippen LogP) is 4.58. The number of aryl methyl sites for hydroxylation is 1. The molecule has 0 bridgehead atoms. The van der Waals surface area contributed by atoms with E-state index in [0.717, 1.165) is 16.5 Å². The SMILES string of the molecule is Cc1cccc2cc(C(N)c3cc(Cl)ccc3F)oc12. The molecule has 102 valence electrons. The van der Waals surface area contributed by atoms with Crippen LogP contribution in [0.15, 0.2) is 46.9 Å². The first-order chi connectivity index (χ1) is 9.56. The average molecular weight is 290 g/mol. The van der Waals surface area contributed by atoms with E-state index in [1.54, 1.807) is 0 Å². The molecule has 2 aromatic carbocycles. The van der Waals surface area contributed by atoms with Gasteiger partial charge < -0.3 is 10.2 Å². The molecule has 0 aliphatic rings. The van der Waals surface area contributed by atoms with Crippen molar-refractivity contribution >= 4 is 22.6 Å². The van der Waals surface area contributed by atoms with Gasteiger partial charge in [0.05, 0.1) is 6.04 Å². The number of para-hydroxylation sites is 1.